The summed E-state index contributed by atoms with van der Waals surface area (Å²) in [6, 6.07) is 7.38. The zero-order chi connectivity index (χ0) is 19.9. The second-order valence-electron chi connectivity index (χ2n) is 7.13. The Morgan fingerprint density at radius 2 is 2.04 bits per heavy atom. The molecule has 2 heterocycles. The van der Waals surface area contributed by atoms with Crippen molar-refractivity contribution in [3.8, 4) is 0 Å². The van der Waals surface area contributed by atoms with Gasteiger partial charge in [-0.3, -0.25) is 14.2 Å². The van der Waals surface area contributed by atoms with Crippen LogP contribution in [0.4, 0.5) is 0 Å². The topological polar surface area (TPSA) is 64.4 Å². The molecule has 152 valence electrons. The number of hydrogen-bond acceptors (Lipinski definition) is 5. The van der Waals surface area contributed by atoms with E-state index in [2.05, 4.69) is 13.8 Å². The Kier molecular flexibility index (Phi) is 7.50. The average Bonchev–Trinajstić information content (AvgIpc) is 3.21. The summed E-state index contributed by atoms with van der Waals surface area (Å²) in [5.41, 5.74) is 0.611. The van der Waals surface area contributed by atoms with Crippen LogP contribution in [0.3, 0.4) is 0 Å². The van der Waals surface area contributed by atoms with Crippen LogP contribution < -0.4 is 5.56 Å². The van der Waals surface area contributed by atoms with E-state index in [0.29, 0.717) is 22.6 Å². The quantitative estimate of drug-likeness (QED) is 0.475. The largest absolute Gasteiger partial charge is 0.376 e. The highest BCUT2D eigenvalue weighted by atomic mass is 32.2. The van der Waals surface area contributed by atoms with Gasteiger partial charge >= 0.3 is 0 Å². The Morgan fingerprint density at radius 3 is 2.71 bits per heavy atom. The molecule has 3 rings (SSSR count). The van der Waals surface area contributed by atoms with Gasteiger partial charge in [-0.25, -0.2) is 4.98 Å². The fourth-order valence-corrected chi connectivity index (χ4v) is 4.44. The number of rotatable bonds is 9. The molecule has 0 unspecified atom stereocenters. The summed E-state index contributed by atoms with van der Waals surface area (Å²) in [5.74, 6) is 0.385. The van der Waals surface area contributed by atoms with Crippen LogP contribution in [0.15, 0.2) is 34.2 Å². The number of hydrogen-bond donors (Lipinski definition) is 0. The monoisotopic (exact) mass is 403 g/mol. The van der Waals surface area contributed by atoms with Gasteiger partial charge in [0.2, 0.25) is 5.91 Å². The number of benzene rings is 1. The molecule has 0 radical (unpaired) electrons. The lowest BCUT2D eigenvalue weighted by Gasteiger charge is -2.22. The van der Waals surface area contributed by atoms with E-state index in [1.807, 2.05) is 23.1 Å². The van der Waals surface area contributed by atoms with E-state index in [0.717, 1.165) is 45.4 Å². The molecule has 1 amide bonds. The summed E-state index contributed by atoms with van der Waals surface area (Å²) < 4.78 is 7.43. The van der Waals surface area contributed by atoms with Crippen LogP contribution in [0, 0.1) is 0 Å². The fraction of sp³-hybridized carbons (Fsp3) is 0.571. The first kappa shape index (κ1) is 20.9. The van der Waals surface area contributed by atoms with Gasteiger partial charge in [-0.05, 0) is 37.8 Å². The summed E-state index contributed by atoms with van der Waals surface area (Å²) in [7, 11) is 0. The van der Waals surface area contributed by atoms with Crippen molar-refractivity contribution in [2.45, 2.75) is 57.3 Å². The van der Waals surface area contributed by atoms with E-state index in [4.69, 9.17) is 9.72 Å². The molecule has 28 heavy (non-hydrogen) atoms. The van der Waals surface area contributed by atoms with Crippen molar-refractivity contribution in [2.75, 3.05) is 25.4 Å². The minimum absolute atomic E-state index is 0.0346. The molecule has 0 spiro atoms. The molecule has 1 saturated heterocycles. The molecule has 1 aliphatic heterocycles. The van der Waals surface area contributed by atoms with E-state index < -0.39 is 0 Å². The Hall–Kier alpha value is -1.86. The van der Waals surface area contributed by atoms with Gasteiger partial charge in [0.25, 0.3) is 5.56 Å². The van der Waals surface area contributed by atoms with E-state index in [1.165, 1.54) is 11.8 Å². The minimum atomic E-state index is -0.0602. The fourth-order valence-electron chi connectivity index (χ4n) is 3.53. The van der Waals surface area contributed by atoms with Gasteiger partial charge in [-0.15, -0.1) is 0 Å². The number of thioether (sulfide) groups is 1. The number of nitrogens with zero attached hydrogens (tertiary/aromatic N) is 3. The highest BCUT2D eigenvalue weighted by molar-refractivity contribution is 7.99. The molecule has 2 aromatic rings. The molecule has 0 aliphatic carbocycles. The Balaban J connectivity index is 1.85. The highest BCUT2D eigenvalue weighted by Crippen LogP contribution is 2.21. The number of fused-ring (bicyclic) bond motifs is 1. The molecule has 1 aliphatic rings. The van der Waals surface area contributed by atoms with E-state index in [9.17, 15) is 9.59 Å². The van der Waals surface area contributed by atoms with Crippen LogP contribution in [0.1, 0.15) is 39.5 Å². The van der Waals surface area contributed by atoms with Crippen LogP contribution in [-0.2, 0) is 16.1 Å². The van der Waals surface area contributed by atoms with Gasteiger partial charge in [0.15, 0.2) is 5.16 Å². The smallest absolute Gasteiger partial charge is 0.262 e. The average molecular weight is 404 g/mol. The number of aromatic nitrogens is 2. The second kappa shape index (κ2) is 10.1. The maximum atomic E-state index is 13.1. The maximum absolute atomic E-state index is 13.1. The zero-order valence-corrected chi connectivity index (χ0v) is 17.5. The lowest BCUT2D eigenvalue weighted by molar-refractivity contribution is -0.128. The lowest BCUT2D eigenvalue weighted by Crippen LogP contribution is -2.34. The number of carbonyl (C=O) groups excluding carboxylic acids is 1. The zero-order valence-electron chi connectivity index (χ0n) is 16.7. The first-order chi connectivity index (χ1) is 13.6. The highest BCUT2D eigenvalue weighted by Gasteiger charge is 2.21. The molecule has 0 bridgehead atoms. The number of amides is 1. The third-order valence-corrected chi connectivity index (χ3v) is 5.86. The predicted molar refractivity (Wildman–Crippen MR) is 113 cm³/mol. The van der Waals surface area contributed by atoms with Crippen LogP contribution in [0.5, 0.6) is 0 Å². The van der Waals surface area contributed by atoms with Crippen molar-refractivity contribution in [3.63, 3.8) is 0 Å². The third-order valence-electron chi connectivity index (χ3n) is 4.90. The van der Waals surface area contributed by atoms with Gasteiger partial charge in [-0.2, -0.15) is 0 Å². The van der Waals surface area contributed by atoms with Gasteiger partial charge in [-0.1, -0.05) is 37.7 Å². The van der Waals surface area contributed by atoms with Crippen molar-refractivity contribution in [1.29, 1.82) is 0 Å². The Bertz CT molecular complexity index is 856. The molecule has 1 aromatic carbocycles. The molecule has 1 atom stereocenters. The predicted octanol–water partition coefficient (Wildman–Crippen LogP) is 3.32. The third kappa shape index (κ3) is 4.94. The van der Waals surface area contributed by atoms with Crippen molar-refractivity contribution in [3.05, 3.63) is 34.6 Å². The van der Waals surface area contributed by atoms with E-state index in [-0.39, 0.29) is 23.3 Å². The summed E-state index contributed by atoms with van der Waals surface area (Å²) in [6.45, 7) is 6.91. The first-order valence-electron chi connectivity index (χ1n) is 10.2. The summed E-state index contributed by atoms with van der Waals surface area (Å²) >= 11 is 1.35. The van der Waals surface area contributed by atoms with Crippen LogP contribution in [-0.4, -0.2) is 51.9 Å². The first-order valence-corrected chi connectivity index (χ1v) is 11.1. The van der Waals surface area contributed by atoms with Gasteiger partial charge < -0.3 is 9.64 Å². The molecule has 7 heteroatoms. The van der Waals surface area contributed by atoms with Crippen molar-refractivity contribution >= 4 is 28.6 Å². The summed E-state index contributed by atoms with van der Waals surface area (Å²) in [4.78, 5) is 32.3. The molecule has 1 aromatic heterocycles. The standard InChI is InChI=1S/C21H29N3O3S/c1-3-11-23(12-4-2)19(25)15-28-21-22-18-10-6-5-9-17(18)20(26)24(21)14-16-8-7-13-27-16/h5-6,9-10,16H,3-4,7-8,11-15H2,1-2H3/t16-/m0/s1. The molecular weight excluding hydrogens is 374 g/mol. The minimum Gasteiger partial charge on any atom is -0.376 e. The maximum Gasteiger partial charge on any atom is 0.262 e. The molecule has 6 nitrogen and oxygen atoms in total. The number of para-hydroxylation sites is 1. The lowest BCUT2D eigenvalue weighted by atomic mass is 10.2. The van der Waals surface area contributed by atoms with Crippen LogP contribution >= 0.6 is 11.8 Å². The molecule has 0 N–H and O–H groups in total. The molecule has 0 saturated carbocycles. The Labute approximate surface area is 170 Å². The van der Waals surface area contributed by atoms with Gasteiger partial charge in [0, 0.05) is 19.7 Å². The van der Waals surface area contributed by atoms with Crippen molar-refractivity contribution in [1.82, 2.24) is 14.5 Å². The van der Waals surface area contributed by atoms with Gasteiger partial charge in [0.05, 0.1) is 29.3 Å². The number of ether oxygens (including phenoxy) is 1. The van der Waals surface area contributed by atoms with E-state index in [1.54, 1.807) is 10.6 Å². The van der Waals surface area contributed by atoms with Crippen molar-refractivity contribution < 1.29 is 9.53 Å². The molecule has 1 fully saturated rings. The second-order valence-corrected chi connectivity index (χ2v) is 8.07. The SMILES string of the molecule is CCCN(CCC)C(=O)CSc1nc2ccccc2c(=O)n1C[C@@H]1CCCO1. The Morgan fingerprint density at radius 1 is 1.29 bits per heavy atom. The van der Waals surface area contributed by atoms with Crippen molar-refractivity contribution in [2.24, 2.45) is 0 Å². The molecular formula is C21H29N3O3S. The van der Waals surface area contributed by atoms with Crippen LogP contribution in [0.2, 0.25) is 0 Å². The summed E-state index contributed by atoms with van der Waals surface area (Å²) in [5, 5.41) is 1.20. The van der Waals surface area contributed by atoms with E-state index >= 15 is 0 Å². The normalized spacial score (nSPS) is 16.6. The summed E-state index contributed by atoms with van der Waals surface area (Å²) in [6.07, 6.45) is 3.88. The van der Waals surface area contributed by atoms with Crippen LogP contribution in [0.25, 0.3) is 10.9 Å². The van der Waals surface area contributed by atoms with Gasteiger partial charge in [0.1, 0.15) is 0 Å². The number of carbonyl (C=O) groups is 1.